The van der Waals surface area contributed by atoms with Gasteiger partial charge in [0, 0.05) is 31.9 Å². The van der Waals surface area contributed by atoms with Gasteiger partial charge in [0.15, 0.2) is 5.82 Å². The molecule has 0 spiro atoms. The highest BCUT2D eigenvalue weighted by atomic mass is 16.5. The van der Waals surface area contributed by atoms with Crippen LogP contribution in [-0.4, -0.2) is 58.4 Å². The van der Waals surface area contributed by atoms with Crippen molar-refractivity contribution in [1.29, 1.82) is 0 Å². The number of methoxy groups -OCH3 is 1. The number of nitrogens with zero attached hydrogens (tertiary/aromatic N) is 6. The smallest absolute Gasteiger partial charge is 0.168 e. The van der Waals surface area contributed by atoms with Crippen LogP contribution in [0.4, 0.5) is 5.69 Å². The summed E-state index contributed by atoms with van der Waals surface area (Å²) in [4.78, 5) is 4.86. The summed E-state index contributed by atoms with van der Waals surface area (Å²) in [5.74, 6) is 1.83. The minimum atomic E-state index is -0.113. The van der Waals surface area contributed by atoms with Gasteiger partial charge in [0.25, 0.3) is 0 Å². The summed E-state index contributed by atoms with van der Waals surface area (Å²) in [6, 6.07) is 8.48. The van der Waals surface area contributed by atoms with Crippen molar-refractivity contribution in [3.05, 3.63) is 30.1 Å². The maximum Gasteiger partial charge on any atom is 0.168 e. The maximum atomic E-state index is 5.24. The van der Waals surface area contributed by atoms with E-state index in [2.05, 4.69) is 65.2 Å². The van der Waals surface area contributed by atoms with Gasteiger partial charge in [-0.25, -0.2) is 4.68 Å². The van der Waals surface area contributed by atoms with Crippen LogP contribution in [0.3, 0.4) is 0 Å². The largest absolute Gasteiger partial charge is 0.497 e. The molecule has 0 bridgehead atoms. The molecular weight excluding hydrogens is 316 g/mol. The minimum absolute atomic E-state index is 0.113. The fourth-order valence-electron chi connectivity index (χ4n) is 3.26. The Morgan fingerprint density at radius 2 is 1.68 bits per heavy atom. The number of tetrazole rings is 1. The molecule has 0 aliphatic carbocycles. The van der Waals surface area contributed by atoms with Crippen molar-refractivity contribution in [2.75, 3.05) is 38.2 Å². The molecule has 1 aliphatic heterocycles. The molecule has 1 fully saturated rings. The van der Waals surface area contributed by atoms with E-state index in [-0.39, 0.29) is 11.6 Å². The summed E-state index contributed by atoms with van der Waals surface area (Å²) >= 11 is 0. The molecule has 0 saturated carbocycles. The first-order valence-electron chi connectivity index (χ1n) is 8.82. The molecule has 0 N–H and O–H groups in total. The highest BCUT2D eigenvalue weighted by Crippen LogP contribution is 2.26. The van der Waals surface area contributed by atoms with Crippen LogP contribution in [0.1, 0.15) is 39.6 Å². The van der Waals surface area contributed by atoms with Crippen LogP contribution in [0.5, 0.6) is 5.75 Å². The van der Waals surface area contributed by atoms with Gasteiger partial charge < -0.3 is 9.64 Å². The van der Waals surface area contributed by atoms with E-state index in [1.807, 2.05) is 16.8 Å². The number of hydrogen-bond acceptors (Lipinski definition) is 6. The summed E-state index contributed by atoms with van der Waals surface area (Å²) in [6.45, 7) is 12.5. The minimum Gasteiger partial charge on any atom is -0.497 e. The van der Waals surface area contributed by atoms with Crippen LogP contribution in [0, 0.1) is 0 Å². The van der Waals surface area contributed by atoms with Gasteiger partial charge in [-0.2, -0.15) is 0 Å². The lowest BCUT2D eigenvalue weighted by atomic mass is 10.1. The lowest BCUT2D eigenvalue weighted by Gasteiger charge is -2.39. The van der Waals surface area contributed by atoms with Crippen molar-refractivity contribution in [2.24, 2.45) is 0 Å². The molecule has 1 saturated heterocycles. The van der Waals surface area contributed by atoms with Crippen LogP contribution in [0.15, 0.2) is 24.3 Å². The average molecular weight is 344 g/mol. The second-order valence-corrected chi connectivity index (χ2v) is 7.52. The second-order valence-electron chi connectivity index (χ2n) is 7.52. The van der Waals surface area contributed by atoms with E-state index in [0.29, 0.717) is 0 Å². The molecule has 7 heteroatoms. The van der Waals surface area contributed by atoms with Crippen molar-refractivity contribution < 1.29 is 4.74 Å². The Morgan fingerprint density at radius 3 is 2.24 bits per heavy atom. The molecule has 1 atom stereocenters. The number of hydrogen-bond donors (Lipinski definition) is 0. The van der Waals surface area contributed by atoms with Gasteiger partial charge in [-0.1, -0.05) is 0 Å². The van der Waals surface area contributed by atoms with Gasteiger partial charge in [-0.15, -0.1) is 5.10 Å². The van der Waals surface area contributed by atoms with Gasteiger partial charge in [0.1, 0.15) is 5.75 Å². The molecule has 3 rings (SSSR count). The third kappa shape index (κ3) is 3.76. The highest BCUT2D eigenvalue weighted by Gasteiger charge is 2.29. The van der Waals surface area contributed by atoms with Gasteiger partial charge >= 0.3 is 0 Å². The molecular formula is C18H28N6O. The molecule has 0 unspecified atom stereocenters. The molecule has 2 heterocycles. The Bertz CT molecular complexity index is 682. The quantitative estimate of drug-likeness (QED) is 0.848. The number of anilines is 1. The van der Waals surface area contributed by atoms with Gasteiger partial charge in [-0.05, 0) is 62.4 Å². The van der Waals surface area contributed by atoms with Crippen LogP contribution >= 0.6 is 0 Å². The second kappa shape index (κ2) is 7.00. The van der Waals surface area contributed by atoms with Gasteiger partial charge in [-0.3, -0.25) is 4.90 Å². The number of rotatable bonds is 4. The highest BCUT2D eigenvalue weighted by molar-refractivity contribution is 5.49. The third-order valence-corrected chi connectivity index (χ3v) is 4.80. The SMILES string of the molecule is COc1ccc(N2CCN([C@@H](C)c3nnnn3C(C)(C)C)CC2)cc1. The van der Waals surface area contributed by atoms with Crippen molar-refractivity contribution in [3.63, 3.8) is 0 Å². The normalized spacial score (nSPS) is 17.6. The lowest BCUT2D eigenvalue weighted by Crippen LogP contribution is -2.48. The van der Waals surface area contributed by atoms with Crippen molar-refractivity contribution in [2.45, 2.75) is 39.3 Å². The van der Waals surface area contributed by atoms with Crippen LogP contribution in [0.25, 0.3) is 0 Å². The Kier molecular flexibility index (Phi) is 4.94. The Labute approximate surface area is 149 Å². The lowest BCUT2D eigenvalue weighted by molar-refractivity contribution is 0.178. The van der Waals surface area contributed by atoms with Crippen molar-refractivity contribution in [3.8, 4) is 5.75 Å². The molecule has 0 radical (unpaired) electrons. The first kappa shape index (κ1) is 17.7. The predicted octanol–water partition coefficient (Wildman–Crippen LogP) is 2.32. The summed E-state index contributed by atoms with van der Waals surface area (Å²) in [5, 5.41) is 12.4. The van der Waals surface area contributed by atoms with Crippen molar-refractivity contribution >= 4 is 5.69 Å². The molecule has 0 amide bonds. The zero-order chi connectivity index (χ0) is 18.0. The molecule has 1 aromatic carbocycles. The number of aromatic nitrogens is 4. The summed E-state index contributed by atoms with van der Waals surface area (Å²) in [5.41, 5.74) is 1.13. The first-order valence-corrected chi connectivity index (χ1v) is 8.82. The maximum absolute atomic E-state index is 5.24. The Hall–Kier alpha value is -2.15. The summed E-state index contributed by atoms with van der Waals surface area (Å²) < 4.78 is 7.18. The van der Waals surface area contributed by atoms with E-state index in [9.17, 15) is 0 Å². The standard InChI is InChI=1S/C18H28N6O/c1-14(17-19-20-21-24(17)18(2,3)4)22-10-12-23(13-11-22)15-6-8-16(25-5)9-7-15/h6-9,14H,10-13H2,1-5H3/t14-/m0/s1. The van der Waals surface area contributed by atoms with Crippen LogP contribution in [-0.2, 0) is 5.54 Å². The zero-order valence-electron chi connectivity index (χ0n) is 15.8. The Morgan fingerprint density at radius 1 is 1.04 bits per heavy atom. The molecule has 1 aliphatic rings. The van der Waals surface area contributed by atoms with Gasteiger partial charge in [0.2, 0.25) is 0 Å². The average Bonchev–Trinajstić information content (AvgIpc) is 3.11. The molecule has 2 aromatic rings. The first-order chi connectivity index (χ1) is 11.9. The summed E-state index contributed by atoms with van der Waals surface area (Å²) in [6.07, 6.45) is 0. The molecule has 25 heavy (non-hydrogen) atoms. The van der Waals surface area contributed by atoms with Crippen LogP contribution in [0.2, 0.25) is 0 Å². The molecule has 136 valence electrons. The van der Waals surface area contributed by atoms with Crippen LogP contribution < -0.4 is 9.64 Å². The molecule has 7 nitrogen and oxygen atoms in total. The zero-order valence-corrected chi connectivity index (χ0v) is 15.8. The van der Waals surface area contributed by atoms with E-state index in [0.717, 1.165) is 37.8 Å². The van der Waals surface area contributed by atoms with E-state index in [1.54, 1.807) is 7.11 Å². The fourth-order valence-corrected chi connectivity index (χ4v) is 3.26. The number of piperazine rings is 1. The van der Waals surface area contributed by atoms with E-state index in [4.69, 9.17) is 4.74 Å². The predicted molar refractivity (Wildman–Crippen MR) is 98.0 cm³/mol. The number of ether oxygens (including phenoxy) is 1. The summed E-state index contributed by atoms with van der Waals surface area (Å²) in [7, 11) is 1.69. The number of benzene rings is 1. The molecule has 1 aromatic heterocycles. The monoisotopic (exact) mass is 344 g/mol. The third-order valence-electron chi connectivity index (χ3n) is 4.80. The van der Waals surface area contributed by atoms with Crippen molar-refractivity contribution in [1.82, 2.24) is 25.1 Å². The fraction of sp³-hybridized carbons (Fsp3) is 0.611. The van der Waals surface area contributed by atoms with E-state index >= 15 is 0 Å². The topological polar surface area (TPSA) is 59.3 Å². The Balaban J connectivity index is 1.65. The van der Waals surface area contributed by atoms with Gasteiger partial charge in [0.05, 0.1) is 18.7 Å². The van der Waals surface area contributed by atoms with E-state index < -0.39 is 0 Å². The van der Waals surface area contributed by atoms with E-state index in [1.165, 1.54) is 5.69 Å².